The molecule has 0 radical (unpaired) electrons. The van der Waals surface area contributed by atoms with Crippen LogP contribution >= 0.6 is 0 Å². The summed E-state index contributed by atoms with van der Waals surface area (Å²) in [5.74, 6) is 0.0599. The number of rotatable bonds is 1. The summed E-state index contributed by atoms with van der Waals surface area (Å²) >= 11 is 0. The Morgan fingerprint density at radius 1 is 1.17 bits per heavy atom. The minimum absolute atomic E-state index is 0.0599. The number of fused-ring (bicyclic) bond motifs is 1. The van der Waals surface area contributed by atoms with Gasteiger partial charge < -0.3 is 11.5 Å². The van der Waals surface area contributed by atoms with Crippen molar-refractivity contribution in [3.05, 3.63) is 40.9 Å². The fourth-order valence-corrected chi connectivity index (χ4v) is 1.75. The summed E-state index contributed by atoms with van der Waals surface area (Å²) in [5.41, 5.74) is 12.9. The van der Waals surface area contributed by atoms with E-state index in [0.717, 1.165) is 5.69 Å². The molecule has 7 nitrogen and oxygen atoms in total. The molecule has 1 aromatic carbocycles. The number of hydrogen-bond acceptors (Lipinski definition) is 5. The summed E-state index contributed by atoms with van der Waals surface area (Å²) in [6.45, 7) is 0. The first-order chi connectivity index (χ1) is 8.65. The van der Waals surface area contributed by atoms with E-state index < -0.39 is 0 Å². The first kappa shape index (κ1) is 10.3. The number of nitrogens with two attached hydrogens (primary N) is 2. The summed E-state index contributed by atoms with van der Waals surface area (Å²) < 4.78 is 1.68. The van der Waals surface area contributed by atoms with E-state index in [1.807, 2.05) is 12.1 Å². The minimum atomic E-state index is -0.355. The molecule has 0 bridgehead atoms. The van der Waals surface area contributed by atoms with Crippen LogP contribution < -0.4 is 17.0 Å². The molecule has 18 heavy (non-hydrogen) atoms. The lowest BCUT2D eigenvalue weighted by Gasteiger charge is -2.03. The lowest BCUT2D eigenvalue weighted by Crippen LogP contribution is -2.12. The van der Waals surface area contributed by atoms with Crippen LogP contribution in [0.2, 0.25) is 0 Å². The molecule has 0 saturated heterocycles. The van der Waals surface area contributed by atoms with Gasteiger partial charge in [0.2, 0.25) is 5.95 Å². The number of nitrogen functional groups attached to an aromatic ring is 2. The Hall–Kier alpha value is -2.83. The molecule has 2 heterocycles. The highest BCUT2D eigenvalue weighted by molar-refractivity contribution is 5.73. The van der Waals surface area contributed by atoms with E-state index in [9.17, 15) is 4.79 Å². The van der Waals surface area contributed by atoms with Crippen LogP contribution in [0.3, 0.4) is 0 Å². The SMILES string of the molecule is Nc1ccc(-n2cnc3c(=O)[nH]c(N)nc32)cc1. The second-order valence-corrected chi connectivity index (χ2v) is 3.83. The topological polar surface area (TPSA) is 116 Å². The predicted molar refractivity (Wildman–Crippen MR) is 68.3 cm³/mol. The molecule has 3 aromatic rings. The van der Waals surface area contributed by atoms with Gasteiger partial charge in [-0.15, -0.1) is 0 Å². The molecule has 0 amide bonds. The van der Waals surface area contributed by atoms with Gasteiger partial charge >= 0.3 is 0 Å². The molecule has 2 aromatic heterocycles. The van der Waals surface area contributed by atoms with E-state index in [4.69, 9.17) is 11.5 Å². The highest BCUT2D eigenvalue weighted by Crippen LogP contribution is 2.15. The van der Waals surface area contributed by atoms with Crippen molar-refractivity contribution in [2.75, 3.05) is 11.5 Å². The standard InChI is InChI=1S/C11H10N6O/c12-6-1-3-7(4-2-6)17-5-14-8-9(17)15-11(13)16-10(8)18/h1-5H,12H2,(H3,13,15,16,18). The van der Waals surface area contributed by atoms with Crippen molar-refractivity contribution in [3.8, 4) is 5.69 Å². The van der Waals surface area contributed by atoms with Gasteiger partial charge in [-0.25, -0.2) is 4.98 Å². The maximum Gasteiger partial charge on any atom is 0.280 e. The number of benzene rings is 1. The Morgan fingerprint density at radius 3 is 2.61 bits per heavy atom. The first-order valence-corrected chi connectivity index (χ1v) is 5.24. The fourth-order valence-electron chi connectivity index (χ4n) is 1.75. The molecule has 0 aliphatic heterocycles. The third-order valence-electron chi connectivity index (χ3n) is 2.60. The number of H-pyrrole nitrogens is 1. The zero-order chi connectivity index (χ0) is 12.7. The second-order valence-electron chi connectivity index (χ2n) is 3.83. The summed E-state index contributed by atoms with van der Waals surface area (Å²) in [4.78, 5) is 22.1. The number of imidazole rings is 1. The van der Waals surface area contributed by atoms with Gasteiger partial charge in [0, 0.05) is 11.4 Å². The van der Waals surface area contributed by atoms with Crippen LogP contribution in [0.4, 0.5) is 11.6 Å². The first-order valence-electron chi connectivity index (χ1n) is 5.24. The summed E-state index contributed by atoms with van der Waals surface area (Å²) in [6, 6.07) is 7.15. The molecule has 0 aliphatic carbocycles. The van der Waals surface area contributed by atoms with Crippen LogP contribution in [-0.2, 0) is 0 Å². The van der Waals surface area contributed by atoms with Crippen LogP contribution in [0, 0.1) is 0 Å². The van der Waals surface area contributed by atoms with Crippen molar-refractivity contribution in [1.82, 2.24) is 19.5 Å². The van der Waals surface area contributed by atoms with Gasteiger partial charge in [0.15, 0.2) is 11.2 Å². The number of aromatic nitrogens is 4. The third kappa shape index (κ3) is 1.49. The van der Waals surface area contributed by atoms with Gasteiger partial charge in [0.1, 0.15) is 6.33 Å². The Morgan fingerprint density at radius 2 is 1.89 bits per heavy atom. The number of aromatic amines is 1. The van der Waals surface area contributed by atoms with Crippen LogP contribution in [0.25, 0.3) is 16.9 Å². The lowest BCUT2D eigenvalue weighted by atomic mass is 10.3. The van der Waals surface area contributed by atoms with E-state index in [1.165, 1.54) is 6.33 Å². The molecule has 0 atom stereocenters. The molecule has 3 rings (SSSR count). The highest BCUT2D eigenvalue weighted by atomic mass is 16.1. The van der Waals surface area contributed by atoms with Crippen LogP contribution in [-0.4, -0.2) is 19.5 Å². The van der Waals surface area contributed by atoms with E-state index in [0.29, 0.717) is 11.3 Å². The van der Waals surface area contributed by atoms with Gasteiger partial charge in [0.25, 0.3) is 5.56 Å². The number of nitrogens with zero attached hydrogens (tertiary/aromatic N) is 3. The van der Waals surface area contributed by atoms with E-state index >= 15 is 0 Å². The Balaban J connectivity index is 2.30. The van der Waals surface area contributed by atoms with Gasteiger partial charge in [-0.05, 0) is 24.3 Å². The predicted octanol–water partition coefficient (Wildman–Crippen LogP) is 0.273. The second kappa shape index (κ2) is 3.59. The van der Waals surface area contributed by atoms with Crippen molar-refractivity contribution in [2.24, 2.45) is 0 Å². The average Bonchev–Trinajstić information content (AvgIpc) is 2.74. The van der Waals surface area contributed by atoms with Gasteiger partial charge in [-0.3, -0.25) is 14.3 Å². The smallest absolute Gasteiger partial charge is 0.280 e. The molecule has 0 spiro atoms. The summed E-state index contributed by atoms with van der Waals surface area (Å²) in [6.07, 6.45) is 1.53. The fraction of sp³-hybridized carbons (Fsp3) is 0. The van der Waals surface area contributed by atoms with Crippen molar-refractivity contribution in [3.63, 3.8) is 0 Å². The van der Waals surface area contributed by atoms with Crippen molar-refractivity contribution >= 4 is 22.8 Å². The number of anilines is 2. The summed E-state index contributed by atoms with van der Waals surface area (Å²) in [5, 5.41) is 0. The van der Waals surface area contributed by atoms with E-state index in [1.54, 1.807) is 16.7 Å². The highest BCUT2D eigenvalue weighted by Gasteiger charge is 2.10. The molecule has 0 saturated carbocycles. The average molecular weight is 242 g/mol. The zero-order valence-electron chi connectivity index (χ0n) is 9.29. The molecule has 0 unspecified atom stereocenters. The monoisotopic (exact) mass is 242 g/mol. The molecule has 7 heteroatoms. The molecule has 0 fully saturated rings. The largest absolute Gasteiger partial charge is 0.399 e. The normalized spacial score (nSPS) is 10.9. The molecule has 90 valence electrons. The molecule has 5 N–H and O–H groups in total. The van der Waals surface area contributed by atoms with Crippen LogP contribution in [0.1, 0.15) is 0 Å². The van der Waals surface area contributed by atoms with Crippen molar-refractivity contribution in [2.45, 2.75) is 0 Å². The van der Waals surface area contributed by atoms with E-state index in [-0.39, 0.29) is 17.0 Å². The van der Waals surface area contributed by atoms with Gasteiger partial charge in [0.05, 0.1) is 0 Å². The zero-order valence-corrected chi connectivity index (χ0v) is 9.29. The van der Waals surface area contributed by atoms with Crippen LogP contribution in [0.5, 0.6) is 0 Å². The molecular formula is C11H10N6O. The maximum absolute atomic E-state index is 11.6. The Bertz CT molecular complexity index is 770. The van der Waals surface area contributed by atoms with Crippen LogP contribution in [0.15, 0.2) is 35.4 Å². The number of hydrogen-bond donors (Lipinski definition) is 3. The minimum Gasteiger partial charge on any atom is -0.399 e. The van der Waals surface area contributed by atoms with E-state index in [2.05, 4.69) is 15.0 Å². The quantitative estimate of drug-likeness (QED) is 0.530. The Kier molecular flexibility index (Phi) is 2.06. The summed E-state index contributed by atoms with van der Waals surface area (Å²) in [7, 11) is 0. The molecular weight excluding hydrogens is 232 g/mol. The van der Waals surface area contributed by atoms with Gasteiger partial charge in [-0.2, -0.15) is 4.98 Å². The van der Waals surface area contributed by atoms with Crippen molar-refractivity contribution < 1.29 is 0 Å². The molecule has 0 aliphatic rings. The Labute approximate surface area is 101 Å². The third-order valence-corrected chi connectivity index (χ3v) is 2.60. The number of nitrogens with one attached hydrogen (secondary N) is 1. The lowest BCUT2D eigenvalue weighted by molar-refractivity contribution is 1.06. The maximum atomic E-state index is 11.6. The van der Waals surface area contributed by atoms with Crippen molar-refractivity contribution in [1.29, 1.82) is 0 Å². The van der Waals surface area contributed by atoms with Gasteiger partial charge in [-0.1, -0.05) is 0 Å².